The first-order valence-electron chi connectivity index (χ1n) is 14.5. The third kappa shape index (κ3) is 5.63. The van der Waals surface area contributed by atoms with E-state index in [2.05, 4.69) is 89.0 Å². The van der Waals surface area contributed by atoms with Gasteiger partial charge in [-0.1, -0.05) is 13.8 Å². The lowest BCUT2D eigenvalue weighted by atomic mass is 9.68. The summed E-state index contributed by atoms with van der Waals surface area (Å²) in [4.78, 5) is 19.0. The second-order valence-corrected chi connectivity index (χ2v) is 14.3. The molecule has 3 heterocycles. The van der Waals surface area contributed by atoms with Crippen molar-refractivity contribution in [3.8, 4) is 0 Å². The second kappa shape index (κ2) is 11.2. The number of piperidine rings is 2. The summed E-state index contributed by atoms with van der Waals surface area (Å²) in [7, 11) is 3.55. The average Bonchev–Trinajstić information content (AvgIpc) is 2.80. The number of anilines is 2. The molecule has 6 atom stereocenters. The maximum absolute atomic E-state index is 6.99. The van der Waals surface area contributed by atoms with Crippen molar-refractivity contribution in [1.82, 2.24) is 15.0 Å². The van der Waals surface area contributed by atoms with E-state index in [0.717, 1.165) is 25.7 Å². The molecule has 10 heteroatoms. The third-order valence-electron chi connectivity index (χ3n) is 9.74. The van der Waals surface area contributed by atoms with Crippen LogP contribution in [0.15, 0.2) is 0 Å². The van der Waals surface area contributed by atoms with Gasteiger partial charge in [0.25, 0.3) is 0 Å². The predicted molar refractivity (Wildman–Crippen MR) is 160 cm³/mol. The van der Waals surface area contributed by atoms with Crippen LogP contribution in [0.2, 0.25) is 5.28 Å². The summed E-state index contributed by atoms with van der Waals surface area (Å²) in [6.07, 6.45) is 3.66. The van der Waals surface area contributed by atoms with Crippen LogP contribution in [0.1, 0.15) is 94.9 Å². The summed E-state index contributed by atoms with van der Waals surface area (Å²) in [5.74, 6) is 1.45. The molecular weight excluding hydrogens is 514 g/mol. The molecule has 9 nitrogen and oxygen atoms in total. The Morgan fingerprint density at radius 3 is 1.36 bits per heavy atom. The van der Waals surface area contributed by atoms with Gasteiger partial charge in [-0.05, 0) is 92.7 Å². The number of methoxy groups -OCH3 is 2. The van der Waals surface area contributed by atoms with Crippen LogP contribution in [-0.2, 0) is 9.47 Å². The van der Waals surface area contributed by atoms with E-state index in [0.29, 0.717) is 11.9 Å². The lowest BCUT2D eigenvalue weighted by Gasteiger charge is -2.60. The molecular formula is C29H54ClN7O2. The van der Waals surface area contributed by atoms with E-state index in [1.807, 2.05) is 0 Å². The molecule has 0 amide bonds. The number of hydrogen-bond donors (Lipinski definition) is 2. The van der Waals surface area contributed by atoms with Gasteiger partial charge in [0.15, 0.2) is 0 Å². The Kier molecular flexibility index (Phi) is 9.26. The number of halogens is 1. The van der Waals surface area contributed by atoms with Crippen LogP contribution >= 0.6 is 11.6 Å². The van der Waals surface area contributed by atoms with E-state index in [9.17, 15) is 0 Å². The molecule has 2 aliphatic rings. The first-order valence-corrected chi connectivity index (χ1v) is 14.9. The fourth-order valence-electron chi connectivity index (χ4n) is 8.10. The maximum atomic E-state index is 6.99. The number of nitrogens with zero attached hydrogens (tertiary/aromatic N) is 5. The topological polar surface area (TPSA) is 116 Å². The molecule has 2 aliphatic heterocycles. The van der Waals surface area contributed by atoms with E-state index in [1.165, 1.54) is 0 Å². The van der Waals surface area contributed by atoms with E-state index in [1.54, 1.807) is 14.2 Å². The zero-order chi connectivity index (χ0) is 29.7. The van der Waals surface area contributed by atoms with Crippen LogP contribution in [0.5, 0.6) is 0 Å². The Hall–Kier alpha value is -1.26. The summed E-state index contributed by atoms with van der Waals surface area (Å²) in [6.45, 7) is 21.8. The summed E-state index contributed by atoms with van der Waals surface area (Å²) < 4.78 is 11.7. The van der Waals surface area contributed by atoms with E-state index in [-0.39, 0.29) is 52.5 Å². The highest BCUT2D eigenvalue weighted by Gasteiger charge is 2.55. The predicted octanol–water partition coefficient (Wildman–Crippen LogP) is 4.80. The molecule has 1 aromatic heterocycles. The van der Waals surface area contributed by atoms with Crippen LogP contribution in [-0.4, -0.2) is 75.6 Å². The SMILES string of the molecule is CCC(OC)C1CC(C)(C)N(c2nc(Cl)nc(N3C(C)(C)CC(C(CC)OC)C(N)C3(C)C)n2)C(C)(C)C1N. The monoisotopic (exact) mass is 567 g/mol. The quantitative estimate of drug-likeness (QED) is 0.457. The average molecular weight is 568 g/mol. The molecule has 0 radical (unpaired) electrons. The third-order valence-corrected chi connectivity index (χ3v) is 9.91. The van der Waals surface area contributed by atoms with E-state index >= 15 is 0 Å². The molecule has 0 bridgehead atoms. The highest BCUT2D eigenvalue weighted by molar-refractivity contribution is 6.28. The fourth-order valence-corrected chi connectivity index (χ4v) is 8.25. The van der Waals surface area contributed by atoms with Crippen molar-refractivity contribution in [2.75, 3.05) is 24.0 Å². The number of aromatic nitrogens is 3. The minimum Gasteiger partial charge on any atom is -0.381 e. The summed E-state index contributed by atoms with van der Waals surface area (Å²) in [5, 5.41) is 0.159. The molecule has 2 fully saturated rings. The van der Waals surface area contributed by atoms with Crippen LogP contribution in [0, 0.1) is 11.8 Å². The van der Waals surface area contributed by atoms with Gasteiger partial charge in [0.05, 0.1) is 23.3 Å². The molecule has 2 saturated heterocycles. The second-order valence-electron chi connectivity index (χ2n) is 14.0. The number of nitrogens with two attached hydrogens (primary N) is 2. The van der Waals surface area contributed by atoms with Crippen molar-refractivity contribution < 1.29 is 9.47 Å². The van der Waals surface area contributed by atoms with Gasteiger partial charge < -0.3 is 30.7 Å². The largest absolute Gasteiger partial charge is 0.381 e. The highest BCUT2D eigenvalue weighted by Crippen LogP contribution is 2.47. The van der Waals surface area contributed by atoms with Gasteiger partial charge in [-0.15, -0.1) is 0 Å². The lowest BCUT2D eigenvalue weighted by Crippen LogP contribution is -2.73. The minimum atomic E-state index is -0.471. The number of rotatable bonds is 8. The number of hydrogen-bond acceptors (Lipinski definition) is 9. The highest BCUT2D eigenvalue weighted by atomic mass is 35.5. The van der Waals surface area contributed by atoms with Gasteiger partial charge in [-0.25, -0.2) is 0 Å². The van der Waals surface area contributed by atoms with Crippen molar-refractivity contribution in [2.45, 2.75) is 141 Å². The first-order chi connectivity index (χ1) is 17.9. The molecule has 6 unspecified atom stereocenters. The zero-order valence-corrected chi connectivity index (χ0v) is 27.1. The summed E-state index contributed by atoms with van der Waals surface area (Å²) in [6, 6.07) is -0.321. The maximum Gasteiger partial charge on any atom is 0.232 e. The van der Waals surface area contributed by atoms with Crippen LogP contribution in [0.25, 0.3) is 0 Å². The summed E-state index contributed by atoms with van der Waals surface area (Å²) >= 11 is 6.66. The van der Waals surface area contributed by atoms with E-state index in [4.69, 9.17) is 37.5 Å². The van der Waals surface area contributed by atoms with Gasteiger partial charge in [-0.2, -0.15) is 15.0 Å². The van der Waals surface area contributed by atoms with Crippen LogP contribution in [0.4, 0.5) is 11.9 Å². The molecule has 4 N–H and O–H groups in total. The Bertz CT molecular complexity index is 920. The first kappa shape index (κ1) is 32.3. The van der Waals surface area contributed by atoms with Gasteiger partial charge in [0.2, 0.25) is 17.2 Å². The minimum absolute atomic E-state index is 0.0848. The van der Waals surface area contributed by atoms with Crippen LogP contribution in [0.3, 0.4) is 0 Å². The zero-order valence-electron chi connectivity index (χ0n) is 26.4. The molecule has 0 aliphatic carbocycles. The van der Waals surface area contributed by atoms with Crippen molar-refractivity contribution in [2.24, 2.45) is 23.3 Å². The van der Waals surface area contributed by atoms with Crippen molar-refractivity contribution in [1.29, 1.82) is 0 Å². The van der Waals surface area contributed by atoms with E-state index < -0.39 is 11.1 Å². The molecule has 3 rings (SSSR count). The van der Waals surface area contributed by atoms with Gasteiger partial charge >= 0.3 is 0 Å². The van der Waals surface area contributed by atoms with Gasteiger partial charge in [-0.3, -0.25) is 0 Å². The molecule has 0 aromatic carbocycles. The van der Waals surface area contributed by atoms with Gasteiger partial charge in [0, 0.05) is 49.2 Å². The van der Waals surface area contributed by atoms with Crippen LogP contribution < -0.4 is 21.3 Å². The molecule has 0 spiro atoms. The smallest absolute Gasteiger partial charge is 0.232 e. The molecule has 224 valence electrons. The standard InChI is InChI=1S/C29H54ClN7O2/c1-13-19(38-11)17-15-26(3,4)36(28(7,8)21(17)31)24-33-23(30)34-25(35-24)37-27(5,6)16-18(20(14-2)39-12)22(32)29(37,9)10/h17-22H,13-16,31-32H2,1-12H3. The number of ether oxygens (including phenoxy) is 2. The Morgan fingerprint density at radius 1 is 0.744 bits per heavy atom. The Balaban J connectivity index is 2.11. The summed E-state index contributed by atoms with van der Waals surface area (Å²) in [5.41, 5.74) is 12.4. The molecule has 1 aromatic rings. The Labute approximate surface area is 241 Å². The normalized spacial score (nSPS) is 31.2. The fraction of sp³-hybridized carbons (Fsp3) is 0.897. The molecule has 39 heavy (non-hydrogen) atoms. The van der Waals surface area contributed by atoms with Gasteiger partial charge in [0.1, 0.15) is 0 Å². The molecule has 0 saturated carbocycles. The Morgan fingerprint density at radius 2 is 1.08 bits per heavy atom. The van der Waals surface area contributed by atoms with Crippen molar-refractivity contribution >= 4 is 23.5 Å². The lowest BCUT2D eigenvalue weighted by molar-refractivity contribution is -0.00483. The van der Waals surface area contributed by atoms with Crippen molar-refractivity contribution in [3.63, 3.8) is 0 Å². The van der Waals surface area contributed by atoms with Crippen molar-refractivity contribution in [3.05, 3.63) is 5.28 Å².